The second-order valence-corrected chi connectivity index (χ2v) is 3.34. The molecule has 1 aromatic carbocycles. The van der Waals surface area contributed by atoms with E-state index in [-0.39, 0.29) is 6.61 Å². The molecule has 0 saturated heterocycles. The van der Waals surface area contributed by atoms with Gasteiger partial charge in [-0.3, -0.25) is 0 Å². The van der Waals surface area contributed by atoms with Crippen LogP contribution in [0.2, 0.25) is 0 Å². The molecule has 0 radical (unpaired) electrons. The summed E-state index contributed by atoms with van der Waals surface area (Å²) >= 11 is 0. The molecule has 3 heteroatoms. The first-order valence-electron chi connectivity index (χ1n) is 4.70. The maximum absolute atomic E-state index is 10.1. The molecule has 0 aliphatic rings. The quantitative estimate of drug-likeness (QED) is 0.770. The van der Waals surface area contributed by atoms with Crippen LogP contribution in [0.25, 0.3) is 5.57 Å². The van der Waals surface area contributed by atoms with E-state index in [0.29, 0.717) is 6.42 Å². The summed E-state index contributed by atoms with van der Waals surface area (Å²) in [6, 6.07) is 7.85. The fourth-order valence-electron chi connectivity index (χ4n) is 1.21. The lowest BCUT2D eigenvalue weighted by Crippen LogP contribution is -2.04. The van der Waals surface area contributed by atoms with Crippen LogP contribution in [0.1, 0.15) is 18.1 Å². The number of rotatable bonds is 4. The number of ether oxygens (including phenoxy) is 1. The van der Waals surface area contributed by atoms with Gasteiger partial charge in [0.15, 0.2) is 0 Å². The third-order valence-corrected chi connectivity index (χ3v) is 2.06. The number of carbonyl (C=O) groups is 1. The molecule has 1 aromatic rings. The SMILES string of the molecule is C=C(C)c1ccc(CCOC(=O)O)cc1. The first-order chi connectivity index (χ1) is 7.09. The van der Waals surface area contributed by atoms with Crippen LogP contribution in [-0.2, 0) is 11.2 Å². The molecular weight excluding hydrogens is 192 g/mol. The van der Waals surface area contributed by atoms with Gasteiger partial charge in [0.1, 0.15) is 0 Å². The smallest absolute Gasteiger partial charge is 0.450 e. The van der Waals surface area contributed by atoms with Gasteiger partial charge in [-0.25, -0.2) is 4.79 Å². The van der Waals surface area contributed by atoms with Crippen LogP contribution in [0.15, 0.2) is 30.8 Å². The highest BCUT2D eigenvalue weighted by atomic mass is 16.7. The fourth-order valence-corrected chi connectivity index (χ4v) is 1.21. The van der Waals surface area contributed by atoms with Crippen molar-refractivity contribution in [3.8, 4) is 0 Å². The normalized spacial score (nSPS) is 9.67. The van der Waals surface area contributed by atoms with Gasteiger partial charge in [-0.15, -0.1) is 0 Å². The van der Waals surface area contributed by atoms with Crippen LogP contribution in [0, 0.1) is 0 Å². The Morgan fingerprint density at radius 1 is 1.40 bits per heavy atom. The van der Waals surface area contributed by atoms with Crippen molar-refractivity contribution in [2.45, 2.75) is 13.3 Å². The van der Waals surface area contributed by atoms with Crippen molar-refractivity contribution in [3.63, 3.8) is 0 Å². The number of benzene rings is 1. The summed E-state index contributed by atoms with van der Waals surface area (Å²) in [5.74, 6) is 0. The van der Waals surface area contributed by atoms with Gasteiger partial charge in [-0.2, -0.15) is 0 Å². The summed E-state index contributed by atoms with van der Waals surface area (Å²) in [5, 5.41) is 8.27. The zero-order valence-electron chi connectivity index (χ0n) is 8.69. The summed E-state index contributed by atoms with van der Waals surface area (Å²) < 4.78 is 4.42. The second kappa shape index (κ2) is 5.20. The number of hydrogen-bond acceptors (Lipinski definition) is 2. The Hall–Kier alpha value is -1.77. The van der Waals surface area contributed by atoms with Crippen LogP contribution in [0.4, 0.5) is 4.79 Å². The zero-order valence-corrected chi connectivity index (χ0v) is 8.69. The molecule has 3 nitrogen and oxygen atoms in total. The predicted octanol–water partition coefficient (Wildman–Crippen LogP) is 2.96. The van der Waals surface area contributed by atoms with E-state index in [1.165, 1.54) is 0 Å². The molecule has 0 bridgehead atoms. The molecule has 0 amide bonds. The third kappa shape index (κ3) is 3.85. The summed E-state index contributed by atoms with van der Waals surface area (Å²) in [5.41, 5.74) is 3.17. The largest absolute Gasteiger partial charge is 0.505 e. The first-order valence-corrected chi connectivity index (χ1v) is 4.70. The van der Waals surface area contributed by atoms with Crippen molar-refractivity contribution in [1.29, 1.82) is 0 Å². The van der Waals surface area contributed by atoms with E-state index in [9.17, 15) is 4.79 Å². The van der Waals surface area contributed by atoms with Crippen LogP contribution < -0.4 is 0 Å². The minimum Gasteiger partial charge on any atom is -0.450 e. The van der Waals surface area contributed by atoms with Crippen molar-refractivity contribution < 1.29 is 14.6 Å². The maximum atomic E-state index is 10.1. The minimum absolute atomic E-state index is 0.196. The zero-order chi connectivity index (χ0) is 11.3. The predicted molar refractivity (Wildman–Crippen MR) is 58.8 cm³/mol. The molecule has 0 aliphatic carbocycles. The van der Waals surface area contributed by atoms with E-state index < -0.39 is 6.16 Å². The molecule has 0 heterocycles. The average molecular weight is 206 g/mol. The van der Waals surface area contributed by atoms with E-state index in [0.717, 1.165) is 16.7 Å². The van der Waals surface area contributed by atoms with Crippen molar-refractivity contribution in [3.05, 3.63) is 42.0 Å². The van der Waals surface area contributed by atoms with Gasteiger partial charge in [-0.1, -0.05) is 36.4 Å². The molecule has 1 N–H and O–H groups in total. The van der Waals surface area contributed by atoms with Gasteiger partial charge in [-0.05, 0) is 18.1 Å². The van der Waals surface area contributed by atoms with Gasteiger partial charge >= 0.3 is 6.16 Å². The van der Waals surface area contributed by atoms with Crippen LogP contribution in [0.5, 0.6) is 0 Å². The lowest BCUT2D eigenvalue weighted by Gasteiger charge is -2.03. The van der Waals surface area contributed by atoms with Crippen molar-refractivity contribution in [1.82, 2.24) is 0 Å². The van der Waals surface area contributed by atoms with E-state index in [1.807, 2.05) is 31.2 Å². The monoisotopic (exact) mass is 206 g/mol. The average Bonchev–Trinajstić information content (AvgIpc) is 2.18. The number of carboxylic acid groups (broad SMARTS) is 1. The van der Waals surface area contributed by atoms with Gasteiger partial charge in [0.25, 0.3) is 0 Å². The first kappa shape index (κ1) is 11.3. The Morgan fingerprint density at radius 2 is 2.00 bits per heavy atom. The minimum atomic E-state index is -1.23. The topological polar surface area (TPSA) is 46.5 Å². The Kier molecular flexibility index (Phi) is 3.92. The lowest BCUT2D eigenvalue weighted by molar-refractivity contribution is 0.0927. The molecule has 15 heavy (non-hydrogen) atoms. The van der Waals surface area contributed by atoms with E-state index in [4.69, 9.17) is 5.11 Å². The molecule has 1 rings (SSSR count). The van der Waals surface area contributed by atoms with Crippen LogP contribution in [-0.4, -0.2) is 17.9 Å². The molecule has 0 spiro atoms. The summed E-state index contributed by atoms with van der Waals surface area (Å²) in [6.07, 6.45) is -0.628. The van der Waals surface area contributed by atoms with Crippen LogP contribution >= 0.6 is 0 Å². The Morgan fingerprint density at radius 3 is 2.47 bits per heavy atom. The summed E-state index contributed by atoms with van der Waals surface area (Å²) in [6.45, 7) is 5.98. The Bertz CT molecular complexity index is 352. The molecule has 0 aliphatic heterocycles. The van der Waals surface area contributed by atoms with Crippen molar-refractivity contribution in [2.24, 2.45) is 0 Å². The summed E-state index contributed by atoms with van der Waals surface area (Å²) in [7, 11) is 0. The Balaban J connectivity index is 2.50. The van der Waals surface area contributed by atoms with E-state index >= 15 is 0 Å². The molecule has 0 fully saturated rings. The molecule has 0 aromatic heterocycles. The highest BCUT2D eigenvalue weighted by Gasteiger charge is 1.98. The Labute approximate surface area is 89.0 Å². The summed E-state index contributed by atoms with van der Waals surface area (Å²) in [4.78, 5) is 10.1. The van der Waals surface area contributed by atoms with Gasteiger partial charge < -0.3 is 9.84 Å². The number of hydrogen-bond donors (Lipinski definition) is 1. The lowest BCUT2D eigenvalue weighted by atomic mass is 10.1. The van der Waals surface area contributed by atoms with Gasteiger partial charge in [0, 0.05) is 6.42 Å². The molecule has 80 valence electrons. The standard InChI is InChI=1S/C12H14O3/c1-9(2)11-5-3-10(4-6-11)7-8-15-12(13)14/h3-6H,1,7-8H2,2H3,(H,13,14). The van der Waals surface area contributed by atoms with Crippen molar-refractivity contribution in [2.75, 3.05) is 6.61 Å². The number of allylic oxidation sites excluding steroid dienone is 1. The molecule has 0 unspecified atom stereocenters. The molecule has 0 saturated carbocycles. The maximum Gasteiger partial charge on any atom is 0.505 e. The van der Waals surface area contributed by atoms with Crippen molar-refractivity contribution >= 4 is 11.7 Å². The fraction of sp³-hybridized carbons (Fsp3) is 0.250. The van der Waals surface area contributed by atoms with Crippen LogP contribution in [0.3, 0.4) is 0 Å². The highest BCUT2D eigenvalue weighted by molar-refractivity contribution is 5.61. The second-order valence-electron chi connectivity index (χ2n) is 3.34. The van der Waals surface area contributed by atoms with Gasteiger partial charge in [0.2, 0.25) is 0 Å². The van der Waals surface area contributed by atoms with E-state index in [2.05, 4.69) is 11.3 Å². The molecular formula is C12H14O3. The highest BCUT2D eigenvalue weighted by Crippen LogP contribution is 2.12. The third-order valence-electron chi connectivity index (χ3n) is 2.06. The molecule has 0 atom stereocenters. The van der Waals surface area contributed by atoms with E-state index in [1.54, 1.807) is 0 Å². The van der Waals surface area contributed by atoms with Gasteiger partial charge in [0.05, 0.1) is 6.61 Å².